The topological polar surface area (TPSA) is 125 Å². The lowest BCUT2D eigenvalue weighted by atomic mass is 10.2. The third-order valence-electron chi connectivity index (χ3n) is 1.92. The third kappa shape index (κ3) is 4.17. The quantitative estimate of drug-likeness (QED) is 0.498. The molecule has 2 N–H and O–H groups in total. The largest absolute Gasteiger partial charge is 0.574 e. The van der Waals surface area contributed by atoms with Gasteiger partial charge in [0.05, 0.1) is 4.92 Å². The van der Waals surface area contributed by atoms with E-state index in [9.17, 15) is 44.9 Å². The number of alkyl halides is 6. The molecule has 0 fully saturated rings. The van der Waals surface area contributed by atoms with Crippen molar-refractivity contribution in [1.29, 1.82) is 0 Å². The Morgan fingerprint density at radius 2 is 1.73 bits per heavy atom. The Morgan fingerprint density at radius 1 is 1.23 bits per heavy atom. The average Bonchev–Trinajstić information content (AvgIpc) is 2.22. The second kappa shape index (κ2) is 5.24. The van der Waals surface area contributed by atoms with Gasteiger partial charge in [-0.2, -0.15) is 18.2 Å². The van der Waals surface area contributed by atoms with Crippen LogP contribution in [0.4, 0.5) is 32.0 Å². The summed E-state index contributed by atoms with van der Waals surface area (Å²) in [6.45, 7) is 0. The van der Waals surface area contributed by atoms with E-state index < -0.39 is 55.7 Å². The molecule has 0 saturated carbocycles. The molecular weight excluding hydrogens is 352 g/mol. The summed E-state index contributed by atoms with van der Waals surface area (Å²) < 4.78 is 99.0. The van der Waals surface area contributed by atoms with Crippen molar-refractivity contribution in [2.45, 2.75) is 17.6 Å². The van der Waals surface area contributed by atoms with Crippen molar-refractivity contribution in [3.8, 4) is 5.88 Å². The minimum absolute atomic E-state index is 0.464. The molecular formula is C7H3F6N3O5S. The van der Waals surface area contributed by atoms with E-state index in [0.717, 1.165) is 0 Å². The zero-order chi connectivity index (χ0) is 17.5. The van der Waals surface area contributed by atoms with Crippen LogP contribution >= 0.6 is 0 Å². The molecule has 1 aromatic rings. The Bertz CT molecular complexity index is 713. The fourth-order valence-corrected chi connectivity index (χ4v) is 1.84. The average molecular weight is 355 g/mol. The third-order valence-corrected chi connectivity index (χ3v) is 2.76. The number of aromatic nitrogens is 1. The number of pyridine rings is 1. The van der Waals surface area contributed by atoms with Crippen LogP contribution in [-0.2, 0) is 16.2 Å². The van der Waals surface area contributed by atoms with Gasteiger partial charge in [0, 0.05) is 6.07 Å². The maximum atomic E-state index is 12.6. The van der Waals surface area contributed by atoms with Crippen molar-refractivity contribution in [2.75, 3.05) is 0 Å². The number of ether oxygens (including phenoxy) is 1. The number of nitrogens with two attached hydrogens (primary N) is 1. The van der Waals surface area contributed by atoms with Crippen LogP contribution in [0.5, 0.6) is 5.88 Å². The minimum Gasteiger partial charge on any atom is -0.387 e. The molecule has 0 bridgehead atoms. The van der Waals surface area contributed by atoms with Gasteiger partial charge in [0.15, 0.2) is 0 Å². The van der Waals surface area contributed by atoms with E-state index in [1.54, 1.807) is 0 Å². The first-order valence-electron chi connectivity index (χ1n) is 4.68. The van der Waals surface area contributed by atoms with Crippen LogP contribution in [0.2, 0.25) is 0 Å². The molecule has 1 heterocycles. The zero-order valence-corrected chi connectivity index (χ0v) is 10.6. The Labute approximate surface area is 116 Å². The highest BCUT2D eigenvalue weighted by atomic mass is 32.2. The molecule has 0 saturated heterocycles. The standard InChI is InChI=1S/C7H3F6N3O5S/c8-6(9,10)2-1-3(16(17)18)5(22(14,19)20)15-4(2)21-7(11,12)13/h1H,(H2,14,19,20). The zero-order valence-electron chi connectivity index (χ0n) is 9.77. The van der Waals surface area contributed by atoms with Gasteiger partial charge in [0.2, 0.25) is 5.88 Å². The van der Waals surface area contributed by atoms with Gasteiger partial charge in [-0.05, 0) is 0 Å². The van der Waals surface area contributed by atoms with Crippen molar-refractivity contribution in [2.24, 2.45) is 5.14 Å². The molecule has 1 rings (SSSR count). The number of hydrogen-bond acceptors (Lipinski definition) is 6. The first kappa shape index (κ1) is 17.9. The van der Waals surface area contributed by atoms with Crippen LogP contribution in [0.15, 0.2) is 11.1 Å². The van der Waals surface area contributed by atoms with E-state index in [1.807, 2.05) is 0 Å². The molecule has 1 aromatic heterocycles. The molecule has 0 radical (unpaired) electrons. The van der Waals surface area contributed by atoms with Gasteiger partial charge in [-0.1, -0.05) is 0 Å². The number of halogens is 6. The molecule has 0 atom stereocenters. The summed E-state index contributed by atoms with van der Waals surface area (Å²) >= 11 is 0. The summed E-state index contributed by atoms with van der Waals surface area (Å²) in [7, 11) is -5.09. The highest BCUT2D eigenvalue weighted by Gasteiger charge is 2.43. The molecule has 124 valence electrons. The van der Waals surface area contributed by atoms with Crippen molar-refractivity contribution < 1.29 is 44.4 Å². The number of primary sulfonamides is 1. The molecule has 0 aromatic carbocycles. The van der Waals surface area contributed by atoms with Crippen LogP contribution in [0.3, 0.4) is 0 Å². The van der Waals surface area contributed by atoms with Crippen LogP contribution in [-0.4, -0.2) is 24.7 Å². The van der Waals surface area contributed by atoms with Crippen LogP contribution < -0.4 is 9.88 Å². The normalized spacial score (nSPS) is 13.0. The minimum atomic E-state index is -5.65. The summed E-state index contributed by atoms with van der Waals surface area (Å²) in [6, 6.07) is -0.464. The predicted octanol–water partition coefficient (Wildman–Crippen LogP) is 1.55. The van der Waals surface area contributed by atoms with Crippen molar-refractivity contribution in [3.05, 3.63) is 21.7 Å². The first-order valence-corrected chi connectivity index (χ1v) is 6.22. The van der Waals surface area contributed by atoms with Crippen molar-refractivity contribution in [3.63, 3.8) is 0 Å². The number of sulfonamides is 1. The van der Waals surface area contributed by atoms with Gasteiger partial charge in [-0.25, -0.2) is 13.6 Å². The number of nitro groups is 1. The maximum absolute atomic E-state index is 12.6. The molecule has 0 amide bonds. The summed E-state index contributed by atoms with van der Waals surface area (Å²) in [5.74, 6) is -2.23. The van der Waals surface area contributed by atoms with E-state index in [4.69, 9.17) is 0 Å². The van der Waals surface area contributed by atoms with E-state index in [2.05, 4.69) is 14.9 Å². The Balaban J connectivity index is 3.78. The van der Waals surface area contributed by atoms with Crippen LogP contribution in [0.1, 0.15) is 5.56 Å². The summed E-state index contributed by atoms with van der Waals surface area (Å²) in [5, 5.41) is 13.2. The predicted molar refractivity (Wildman–Crippen MR) is 53.9 cm³/mol. The van der Waals surface area contributed by atoms with E-state index >= 15 is 0 Å². The SMILES string of the molecule is NS(=O)(=O)c1nc(OC(F)(F)F)c(C(F)(F)F)cc1[N+](=O)[O-]. The molecule has 0 aliphatic rings. The Hall–Kier alpha value is -2.16. The van der Waals surface area contributed by atoms with Crippen LogP contribution in [0.25, 0.3) is 0 Å². The van der Waals surface area contributed by atoms with Gasteiger partial charge in [0.1, 0.15) is 5.56 Å². The molecule has 22 heavy (non-hydrogen) atoms. The fraction of sp³-hybridized carbons (Fsp3) is 0.286. The Morgan fingerprint density at radius 3 is 2.05 bits per heavy atom. The van der Waals surface area contributed by atoms with Gasteiger partial charge in [-0.15, -0.1) is 13.2 Å². The van der Waals surface area contributed by atoms with Crippen LogP contribution in [0, 0.1) is 10.1 Å². The van der Waals surface area contributed by atoms with Gasteiger partial charge < -0.3 is 4.74 Å². The highest BCUT2D eigenvalue weighted by Crippen LogP contribution is 2.40. The molecule has 8 nitrogen and oxygen atoms in total. The van der Waals surface area contributed by atoms with E-state index in [0.29, 0.717) is 0 Å². The van der Waals surface area contributed by atoms with E-state index in [1.165, 1.54) is 0 Å². The molecule has 0 aliphatic heterocycles. The molecule has 0 spiro atoms. The highest BCUT2D eigenvalue weighted by molar-refractivity contribution is 7.89. The van der Waals surface area contributed by atoms with Gasteiger partial charge in [-0.3, -0.25) is 10.1 Å². The number of nitrogens with zero attached hydrogens (tertiary/aromatic N) is 2. The fourth-order valence-electron chi connectivity index (χ4n) is 1.20. The molecule has 0 aliphatic carbocycles. The second-order valence-electron chi connectivity index (χ2n) is 3.51. The number of hydrogen-bond donors (Lipinski definition) is 1. The van der Waals surface area contributed by atoms with Gasteiger partial charge in [0.25, 0.3) is 15.0 Å². The smallest absolute Gasteiger partial charge is 0.387 e. The summed E-state index contributed by atoms with van der Waals surface area (Å²) in [6.07, 6.45) is -11.2. The lowest BCUT2D eigenvalue weighted by Crippen LogP contribution is -2.24. The monoisotopic (exact) mass is 355 g/mol. The maximum Gasteiger partial charge on any atom is 0.574 e. The van der Waals surface area contributed by atoms with E-state index in [-0.39, 0.29) is 0 Å². The summed E-state index contributed by atoms with van der Waals surface area (Å²) in [5.41, 5.74) is -4.03. The molecule has 0 unspecified atom stereocenters. The molecule has 15 heteroatoms. The first-order chi connectivity index (χ1) is 9.63. The lowest BCUT2D eigenvalue weighted by Gasteiger charge is -2.14. The number of rotatable bonds is 3. The van der Waals surface area contributed by atoms with Crippen molar-refractivity contribution in [1.82, 2.24) is 4.98 Å². The van der Waals surface area contributed by atoms with Gasteiger partial charge >= 0.3 is 18.2 Å². The Kier molecular flexibility index (Phi) is 4.26. The van der Waals surface area contributed by atoms with Crippen molar-refractivity contribution >= 4 is 15.7 Å². The lowest BCUT2D eigenvalue weighted by molar-refractivity contribution is -0.388. The summed E-state index contributed by atoms with van der Waals surface area (Å²) in [4.78, 5) is 11.4. The second-order valence-corrected chi connectivity index (χ2v) is 4.99.